The Hall–Kier alpha value is -2.37. The number of hydrogen-bond donors (Lipinski definition) is 0. The van der Waals surface area contributed by atoms with Gasteiger partial charge in [0.05, 0.1) is 7.11 Å². The van der Waals surface area contributed by atoms with Crippen LogP contribution in [0, 0.1) is 0 Å². The van der Waals surface area contributed by atoms with Crippen molar-refractivity contribution in [1.82, 2.24) is 19.4 Å². The van der Waals surface area contributed by atoms with Crippen molar-refractivity contribution in [2.75, 3.05) is 20.7 Å². The van der Waals surface area contributed by atoms with Crippen molar-refractivity contribution in [2.45, 2.75) is 12.5 Å². The Morgan fingerprint density at radius 2 is 2.20 bits per heavy atom. The second kappa shape index (κ2) is 4.96. The van der Waals surface area contributed by atoms with Gasteiger partial charge in [-0.1, -0.05) is 0 Å². The van der Waals surface area contributed by atoms with E-state index < -0.39 is 0 Å². The summed E-state index contributed by atoms with van der Waals surface area (Å²) in [5.74, 6) is 1.43. The summed E-state index contributed by atoms with van der Waals surface area (Å²) in [6, 6.07) is 3.52. The van der Waals surface area contributed by atoms with Crippen LogP contribution in [-0.4, -0.2) is 46.0 Å². The molecule has 0 aromatic carbocycles. The molecule has 1 unspecified atom stereocenters. The van der Waals surface area contributed by atoms with Crippen molar-refractivity contribution in [3.05, 3.63) is 30.7 Å². The maximum atomic E-state index is 12.2. The molecule has 104 valence electrons. The third-order valence-corrected chi connectivity index (χ3v) is 3.61. The third-order valence-electron chi connectivity index (χ3n) is 3.61. The Morgan fingerprint density at radius 1 is 1.35 bits per heavy atom. The van der Waals surface area contributed by atoms with Crippen LogP contribution in [0.1, 0.15) is 12.5 Å². The number of rotatable bonds is 3. The lowest BCUT2D eigenvalue weighted by Gasteiger charge is -2.14. The Labute approximate surface area is 117 Å². The molecule has 0 N–H and O–H groups in total. The lowest BCUT2D eigenvalue weighted by Crippen LogP contribution is -2.24. The molecule has 1 aliphatic rings. The number of hydrogen-bond acceptors (Lipinski definition) is 4. The highest BCUT2D eigenvalue weighted by Crippen LogP contribution is 2.28. The number of carbonyl (C=O) groups is 1. The Balaban J connectivity index is 2.00. The Morgan fingerprint density at radius 3 is 2.90 bits per heavy atom. The van der Waals surface area contributed by atoms with E-state index in [0.29, 0.717) is 5.88 Å². The predicted octanol–water partition coefficient (Wildman–Crippen LogP) is 1.36. The fourth-order valence-electron chi connectivity index (χ4n) is 2.51. The quantitative estimate of drug-likeness (QED) is 0.846. The number of amides is 1. The summed E-state index contributed by atoms with van der Waals surface area (Å²) in [6.45, 7) is 0.779. The summed E-state index contributed by atoms with van der Waals surface area (Å²) < 4.78 is 7.06. The molecule has 0 spiro atoms. The van der Waals surface area contributed by atoms with Crippen LogP contribution < -0.4 is 4.74 Å². The first-order valence-corrected chi connectivity index (χ1v) is 6.49. The zero-order chi connectivity index (χ0) is 14.1. The van der Waals surface area contributed by atoms with E-state index in [1.54, 1.807) is 24.4 Å². The number of carbonyl (C=O) groups excluding carboxylic acids is 1. The molecule has 2 aromatic heterocycles. The van der Waals surface area contributed by atoms with Gasteiger partial charge in [0.15, 0.2) is 0 Å². The lowest BCUT2D eigenvalue weighted by molar-refractivity contribution is -0.129. The molecule has 2 aromatic rings. The van der Waals surface area contributed by atoms with Crippen LogP contribution in [0.2, 0.25) is 0 Å². The topological polar surface area (TPSA) is 60.2 Å². The van der Waals surface area contributed by atoms with E-state index in [1.165, 1.54) is 0 Å². The van der Waals surface area contributed by atoms with Crippen molar-refractivity contribution < 1.29 is 9.53 Å². The fourth-order valence-corrected chi connectivity index (χ4v) is 2.51. The van der Waals surface area contributed by atoms with Crippen LogP contribution in [-0.2, 0) is 4.79 Å². The van der Waals surface area contributed by atoms with Crippen molar-refractivity contribution in [2.24, 2.45) is 0 Å². The molecule has 1 amide bonds. The van der Waals surface area contributed by atoms with Crippen molar-refractivity contribution >= 4 is 5.91 Å². The molecule has 0 radical (unpaired) electrons. The van der Waals surface area contributed by atoms with Gasteiger partial charge in [0.2, 0.25) is 11.8 Å². The standard InChI is InChI=1S/C14H16N4O2/c1-17-7-4-11(14(17)19)18-8-6-16-13(18)10-3-5-15-12(9-10)20-2/h3,5-6,8-9,11H,4,7H2,1-2H3. The summed E-state index contributed by atoms with van der Waals surface area (Å²) in [4.78, 5) is 22.4. The molecule has 1 aliphatic heterocycles. The molecule has 0 aliphatic carbocycles. The predicted molar refractivity (Wildman–Crippen MR) is 73.3 cm³/mol. The van der Waals surface area contributed by atoms with Crippen LogP contribution >= 0.6 is 0 Å². The third kappa shape index (κ3) is 2.03. The minimum absolute atomic E-state index is 0.130. The van der Waals surface area contributed by atoms with Gasteiger partial charge in [0.25, 0.3) is 0 Å². The van der Waals surface area contributed by atoms with Gasteiger partial charge in [-0.25, -0.2) is 9.97 Å². The molecule has 0 bridgehead atoms. The first-order chi connectivity index (χ1) is 9.70. The number of nitrogens with zero attached hydrogens (tertiary/aromatic N) is 4. The second-order valence-corrected chi connectivity index (χ2v) is 4.81. The van der Waals surface area contributed by atoms with Crippen molar-refractivity contribution in [3.63, 3.8) is 0 Å². The van der Waals surface area contributed by atoms with Crippen LogP contribution in [0.3, 0.4) is 0 Å². The monoisotopic (exact) mass is 272 g/mol. The maximum absolute atomic E-state index is 12.2. The van der Waals surface area contributed by atoms with E-state index in [2.05, 4.69) is 9.97 Å². The second-order valence-electron chi connectivity index (χ2n) is 4.81. The number of likely N-dealkylation sites (tertiary alicyclic amines) is 1. The Bertz CT molecular complexity index is 638. The number of aromatic nitrogens is 3. The van der Waals surface area contributed by atoms with Crippen LogP contribution in [0.4, 0.5) is 0 Å². The van der Waals surface area contributed by atoms with E-state index in [-0.39, 0.29) is 11.9 Å². The highest BCUT2D eigenvalue weighted by molar-refractivity contribution is 5.83. The maximum Gasteiger partial charge on any atom is 0.245 e. The number of ether oxygens (including phenoxy) is 1. The minimum atomic E-state index is -0.170. The summed E-state index contributed by atoms with van der Waals surface area (Å²) in [5.41, 5.74) is 0.893. The molecule has 3 heterocycles. The minimum Gasteiger partial charge on any atom is -0.481 e. The average Bonchev–Trinajstić information content (AvgIpc) is 3.07. The van der Waals surface area contributed by atoms with Gasteiger partial charge in [0, 0.05) is 43.8 Å². The normalized spacial score (nSPS) is 18.6. The number of imidazole rings is 1. The Kier molecular flexibility index (Phi) is 3.14. The first kappa shape index (κ1) is 12.7. The average molecular weight is 272 g/mol. The molecule has 1 saturated heterocycles. The molecule has 0 saturated carbocycles. The molecule has 6 nitrogen and oxygen atoms in total. The van der Waals surface area contributed by atoms with E-state index in [0.717, 1.165) is 24.4 Å². The van der Waals surface area contributed by atoms with Gasteiger partial charge in [0.1, 0.15) is 11.9 Å². The molecular formula is C14H16N4O2. The van der Waals surface area contributed by atoms with Crippen molar-refractivity contribution in [1.29, 1.82) is 0 Å². The lowest BCUT2D eigenvalue weighted by atomic mass is 10.2. The van der Waals surface area contributed by atoms with Gasteiger partial charge in [-0.05, 0) is 12.5 Å². The summed E-state index contributed by atoms with van der Waals surface area (Å²) in [6.07, 6.45) is 6.05. The van der Waals surface area contributed by atoms with Gasteiger partial charge >= 0.3 is 0 Å². The molecule has 1 atom stereocenters. The van der Waals surface area contributed by atoms with E-state index in [9.17, 15) is 4.79 Å². The zero-order valence-corrected chi connectivity index (χ0v) is 11.5. The van der Waals surface area contributed by atoms with Crippen LogP contribution in [0.5, 0.6) is 5.88 Å². The molecule has 20 heavy (non-hydrogen) atoms. The van der Waals surface area contributed by atoms with Gasteiger partial charge < -0.3 is 14.2 Å². The molecular weight excluding hydrogens is 256 g/mol. The highest BCUT2D eigenvalue weighted by Gasteiger charge is 2.31. The smallest absolute Gasteiger partial charge is 0.245 e. The van der Waals surface area contributed by atoms with Crippen LogP contribution in [0.25, 0.3) is 11.4 Å². The zero-order valence-electron chi connectivity index (χ0n) is 11.5. The summed E-state index contributed by atoms with van der Waals surface area (Å²) in [7, 11) is 3.41. The summed E-state index contributed by atoms with van der Waals surface area (Å²) in [5, 5.41) is 0. The highest BCUT2D eigenvalue weighted by atomic mass is 16.5. The number of pyridine rings is 1. The SMILES string of the molecule is COc1cc(-c2nccn2C2CCN(C)C2=O)ccn1. The van der Waals surface area contributed by atoms with Gasteiger partial charge in [-0.2, -0.15) is 0 Å². The number of likely N-dealkylation sites (N-methyl/N-ethyl adjacent to an activating group) is 1. The fraction of sp³-hybridized carbons (Fsp3) is 0.357. The molecule has 3 rings (SSSR count). The van der Waals surface area contributed by atoms with Gasteiger partial charge in [-0.3, -0.25) is 4.79 Å². The molecule has 6 heteroatoms. The summed E-state index contributed by atoms with van der Waals surface area (Å²) >= 11 is 0. The number of methoxy groups -OCH3 is 1. The van der Waals surface area contributed by atoms with E-state index >= 15 is 0 Å². The largest absolute Gasteiger partial charge is 0.481 e. The van der Waals surface area contributed by atoms with E-state index in [1.807, 2.05) is 29.9 Å². The van der Waals surface area contributed by atoms with Crippen LogP contribution in [0.15, 0.2) is 30.7 Å². The van der Waals surface area contributed by atoms with Gasteiger partial charge in [-0.15, -0.1) is 0 Å². The van der Waals surface area contributed by atoms with Crippen molar-refractivity contribution in [3.8, 4) is 17.3 Å². The van der Waals surface area contributed by atoms with E-state index in [4.69, 9.17) is 4.74 Å². The molecule has 1 fully saturated rings. The first-order valence-electron chi connectivity index (χ1n) is 6.49.